The number of amides is 1. The molecule has 2 N–H and O–H groups in total. The smallest absolute Gasteiger partial charge is 0.250 e. The van der Waals surface area contributed by atoms with Gasteiger partial charge in [0.25, 0.3) is 0 Å². The predicted octanol–water partition coefficient (Wildman–Crippen LogP) is 1.34. The Morgan fingerprint density at radius 3 is 2.70 bits per heavy atom. The number of hydrogen-bond donors (Lipinski definition) is 1. The summed E-state index contributed by atoms with van der Waals surface area (Å²) in [5.74, 6) is 1.02. The number of primary amides is 1. The first-order valence-corrected chi connectivity index (χ1v) is 7.76. The predicted molar refractivity (Wildman–Crippen MR) is 88.8 cm³/mol. The molecule has 0 aromatic carbocycles. The van der Waals surface area contributed by atoms with Gasteiger partial charge in [-0.1, -0.05) is 11.6 Å². The molecular formula is C15H17ClN6O. The Morgan fingerprint density at radius 2 is 2.00 bits per heavy atom. The molecule has 8 heteroatoms. The van der Waals surface area contributed by atoms with Gasteiger partial charge in [0, 0.05) is 38.6 Å². The lowest BCUT2D eigenvalue weighted by atomic mass is 10.2. The van der Waals surface area contributed by atoms with Gasteiger partial charge in [-0.25, -0.2) is 4.98 Å². The van der Waals surface area contributed by atoms with Gasteiger partial charge in [-0.2, -0.15) is 5.10 Å². The lowest BCUT2D eigenvalue weighted by Crippen LogP contribution is -2.31. The van der Waals surface area contributed by atoms with Crippen molar-refractivity contribution in [3.8, 4) is 0 Å². The summed E-state index contributed by atoms with van der Waals surface area (Å²) in [6, 6.07) is 5.40. The minimum atomic E-state index is -0.532. The van der Waals surface area contributed by atoms with E-state index in [0.717, 1.165) is 38.4 Å². The Labute approximate surface area is 139 Å². The summed E-state index contributed by atoms with van der Waals surface area (Å²) < 4.78 is 0. The fourth-order valence-electron chi connectivity index (χ4n) is 2.62. The van der Waals surface area contributed by atoms with E-state index in [-0.39, 0.29) is 0 Å². The molecule has 0 unspecified atom stereocenters. The second-order valence-corrected chi connectivity index (χ2v) is 5.71. The second-order valence-electron chi connectivity index (χ2n) is 5.30. The van der Waals surface area contributed by atoms with Crippen molar-refractivity contribution in [2.45, 2.75) is 6.42 Å². The first kappa shape index (κ1) is 15.5. The highest BCUT2D eigenvalue weighted by molar-refractivity contribution is 6.33. The molecule has 1 fully saturated rings. The second kappa shape index (κ2) is 6.78. The maximum Gasteiger partial charge on any atom is 0.250 e. The molecule has 0 aliphatic carbocycles. The highest BCUT2D eigenvalue weighted by Gasteiger charge is 2.19. The topological polar surface area (TPSA) is 88.2 Å². The van der Waals surface area contributed by atoms with E-state index in [1.165, 1.54) is 6.20 Å². The Kier molecular flexibility index (Phi) is 4.57. The Hall–Kier alpha value is -2.41. The van der Waals surface area contributed by atoms with Crippen LogP contribution in [0.2, 0.25) is 5.02 Å². The van der Waals surface area contributed by atoms with Crippen LogP contribution in [0.4, 0.5) is 11.6 Å². The van der Waals surface area contributed by atoms with Crippen molar-refractivity contribution in [2.24, 2.45) is 5.73 Å². The number of nitrogens with two attached hydrogens (primary N) is 1. The van der Waals surface area contributed by atoms with Crippen LogP contribution in [-0.4, -0.2) is 47.3 Å². The average molecular weight is 333 g/mol. The molecule has 1 aliphatic rings. The maximum absolute atomic E-state index is 11.2. The zero-order chi connectivity index (χ0) is 16.2. The van der Waals surface area contributed by atoms with Crippen molar-refractivity contribution in [1.82, 2.24) is 15.2 Å². The van der Waals surface area contributed by atoms with Gasteiger partial charge < -0.3 is 15.5 Å². The maximum atomic E-state index is 11.2. The number of anilines is 2. The van der Waals surface area contributed by atoms with Gasteiger partial charge in [0.1, 0.15) is 5.82 Å². The molecule has 2 aromatic heterocycles. The van der Waals surface area contributed by atoms with Crippen molar-refractivity contribution in [2.75, 3.05) is 36.0 Å². The molecule has 0 radical (unpaired) electrons. The van der Waals surface area contributed by atoms with Gasteiger partial charge in [0.2, 0.25) is 5.91 Å². The largest absolute Gasteiger partial charge is 0.366 e. The van der Waals surface area contributed by atoms with Crippen LogP contribution in [0, 0.1) is 0 Å². The zero-order valence-electron chi connectivity index (χ0n) is 12.5. The van der Waals surface area contributed by atoms with Crippen LogP contribution in [0.1, 0.15) is 16.8 Å². The summed E-state index contributed by atoms with van der Waals surface area (Å²) >= 11 is 6.27. The number of aromatic nitrogens is 3. The van der Waals surface area contributed by atoms with Gasteiger partial charge in [-0.15, -0.1) is 5.10 Å². The van der Waals surface area contributed by atoms with Crippen LogP contribution in [0.5, 0.6) is 0 Å². The lowest BCUT2D eigenvalue weighted by molar-refractivity contribution is 0.1000. The molecular weight excluding hydrogens is 316 g/mol. The van der Waals surface area contributed by atoms with E-state index < -0.39 is 5.91 Å². The van der Waals surface area contributed by atoms with Crippen LogP contribution in [0.3, 0.4) is 0 Å². The SMILES string of the molecule is NC(=O)c1cnc(N2CCCN(c3cccnn3)CC2)c(Cl)c1. The number of carbonyl (C=O) groups excluding carboxylic acids is 1. The Bertz CT molecular complexity index is 696. The van der Waals surface area contributed by atoms with Gasteiger partial charge in [-0.3, -0.25) is 4.79 Å². The van der Waals surface area contributed by atoms with E-state index in [1.807, 2.05) is 12.1 Å². The highest BCUT2D eigenvalue weighted by atomic mass is 35.5. The van der Waals surface area contributed by atoms with Crippen molar-refractivity contribution < 1.29 is 4.79 Å². The molecule has 2 aromatic rings. The molecule has 23 heavy (non-hydrogen) atoms. The van der Waals surface area contributed by atoms with Crippen LogP contribution in [0.15, 0.2) is 30.6 Å². The van der Waals surface area contributed by atoms with E-state index in [4.69, 9.17) is 17.3 Å². The summed E-state index contributed by atoms with van der Waals surface area (Å²) in [7, 11) is 0. The fourth-order valence-corrected chi connectivity index (χ4v) is 2.90. The molecule has 0 atom stereocenters. The summed E-state index contributed by atoms with van der Waals surface area (Å²) in [5, 5.41) is 8.52. The fraction of sp³-hybridized carbons (Fsp3) is 0.333. The Morgan fingerprint density at radius 1 is 1.22 bits per heavy atom. The molecule has 1 amide bonds. The van der Waals surface area contributed by atoms with Crippen molar-refractivity contribution in [1.29, 1.82) is 0 Å². The summed E-state index contributed by atoms with van der Waals surface area (Å²) in [5.41, 5.74) is 5.56. The van der Waals surface area contributed by atoms with Crippen molar-refractivity contribution >= 4 is 29.1 Å². The third-order valence-electron chi connectivity index (χ3n) is 3.78. The van der Waals surface area contributed by atoms with E-state index >= 15 is 0 Å². The molecule has 0 bridgehead atoms. The van der Waals surface area contributed by atoms with Gasteiger partial charge in [0.05, 0.1) is 10.6 Å². The summed E-state index contributed by atoms with van der Waals surface area (Å²) in [6.45, 7) is 3.29. The highest BCUT2D eigenvalue weighted by Crippen LogP contribution is 2.25. The third kappa shape index (κ3) is 3.50. The lowest BCUT2D eigenvalue weighted by Gasteiger charge is -2.23. The molecule has 7 nitrogen and oxygen atoms in total. The molecule has 1 saturated heterocycles. The van der Waals surface area contributed by atoms with Crippen molar-refractivity contribution in [3.05, 3.63) is 41.2 Å². The van der Waals surface area contributed by atoms with Crippen LogP contribution >= 0.6 is 11.6 Å². The molecule has 3 rings (SSSR count). The number of carbonyl (C=O) groups is 1. The molecule has 0 spiro atoms. The zero-order valence-corrected chi connectivity index (χ0v) is 13.3. The minimum absolute atomic E-state index is 0.315. The minimum Gasteiger partial charge on any atom is -0.366 e. The van der Waals surface area contributed by atoms with E-state index in [9.17, 15) is 4.79 Å². The van der Waals surface area contributed by atoms with E-state index in [2.05, 4.69) is 25.0 Å². The van der Waals surface area contributed by atoms with Crippen LogP contribution in [0.25, 0.3) is 0 Å². The van der Waals surface area contributed by atoms with Gasteiger partial charge in [-0.05, 0) is 24.6 Å². The van der Waals surface area contributed by atoms with Gasteiger partial charge in [0.15, 0.2) is 5.82 Å². The van der Waals surface area contributed by atoms with Crippen molar-refractivity contribution in [3.63, 3.8) is 0 Å². The van der Waals surface area contributed by atoms with Crippen LogP contribution in [-0.2, 0) is 0 Å². The average Bonchev–Trinajstić information content (AvgIpc) is 2.81. The summed E-state index contributed by atoms with van der Waals surface area (Å²) in [6.07, 6.45) is 4.08. The quantitative estimate of drug-likeness (QED) is 0.912. The monoisotopic (exact) mass is 332 g/mol. The van der Waals surface area contributed by atoms with E-state index in [1.54, 1.807) is 12.3 Å². The first-order valence-electron chi connectivity index (χ1n) is 7.38. The number of nitrogens with zero attached hydrogens (tertiary/aromatic N) is 5. The molecule has 1 aliphatic heterocycles. The number of halogens is 1. The molecule has 3 heterocycles. The van der Waals surface area contributed by atoms with Crippen LogP contribution < -0.4 is 15.5 Å². The first-order chi connectivity index (χ1) is 11.1. The molecule has 0 saturated carbocycles. The van der Waals surface area contributed by atoms with E-state index in [0.29, 0.717) is 16.4 Å². The normalized spacial score (nSPS) is 15.3. The number of hydrogen-bond acceptors (Lipinski definition) is 6. The van der Waals surface area contributed by atoms with Gasteiger partial charge >= 0.3 is 0 Å². The standard InChI is InChI=1S/C15H17ClN6O/c16-12-9-11(14(17)23)10-18-15(12)22-6-2-5-21(7-8-22)13-3-1-4-19-20-13/h1,3-4,9-10H,2,5-8H2,(H2,17,23). The number of pyridine rings is 1. The Balaban J connectivity index is 1.74. The number of rotatable bonds is 3. The summed E-state index contributed by atoms with van der Waals surface area (Å²) in [4.78, 5) is 19.8. The third-order valence-corrected chi connectivity index (χ3v) is 4.06. The molecule has 120 valence electrons.